The van der Waals surface area contributed by atoms with Crippen molar-refractivity contribution in [2.45, 2.75) is 12.3 Å². The van der Waals surface area contributed by atoms with Crippen LogP contribution in [-0.2, 0) is 0 Å². The van der Waals surface area contributed by atoms with Crippen molar-refractivity contribution < 1.29 is 13.6 Å². The van der Waals surface area contributed by atoms with Gasteiger partial charge in [-0.25, -0.2) is 13.8 Å². The van der Waals surface area contributed by atoms with E-state index in [0.717, 1.165) is 16.7 Å². The van der Waals surface area contributed by atoms with E-state index in [2.05, 4.69) is 25.8 Å². The van der Waals surface area contributed by atoms with Crippen LogP contribution in [-0.4, -0.2) is 58.1 Å². The molecule has 0 unspecified atom stereocenters. The van der Waals surface area contributed by atoms with Crippen LogP contribution in [0, 0.1) is 11.3 Å². The summed E-state index contributed by atoms with van der Waals surface area (Å²) in [5.74, 6) is -3.02. The number of hydrogen-bond donors (Lipinski definition) is 3. The van der Waals surface area contributed by atoms with Crippen molar-refractivity contribution >= 4 is 28.1 Å². The number of pyridine rings is 1. The molecule has 0 aliphatic carbocycles. The van der Waals surface area contributed by atoms with Crippen LogP contribution in [0.2, 0.25) is 0 Å². The third-order valence-electron chi connectivity index (χ3n) is 5.88. The highest BCUT2D eigenvalue weighted by atomic mass is 19.3. The van der Waals surface area contributed by atoms with Crippen molar-refractivity contribution in [2.75, 3.05) is 31.5 Å². The van der Waals surface area contributed by atoms with Crippen molar-refractivity contribution in [1.29, 1.82) is 5.26 Å². The number of alkyl halides is 2. The molecule has 2 aromatic heterocycles. The van der Waals surface area contributed by atoms with Crippen LogP contribution in [0.25, 0.3) is 16.5 Å². The number of nitrogens with zero attached hydrogens (tertiary/aromatic N) is 4. The molecule has 0 atom stereocenters. The monoisotopic (exact) mass is 461 g/mol. The van der Waals surface area contributed by atoms with Crippen LogP contribution in [0.3, 0.4) is 0 Å². The maximum Gasteiger partial charge on any atom is 0.276 e. The summed E-state index contributed by atoms with van der Waals surface area (Å²) in [4.78, 5) is 18.5. The summed E-state index contributed by atoms with van der Waals surface area (Å²) in [7, 11) is 0. The predicted octanol–water partition coefficient (Wildman–Crippen LogP) is 3.29. The Balaban J connectivity index is 1.36. The van der Waals surface area contributed by atoms with Gasteiger partial charge >= 0.3 is 0 Å². The van der Waals surface area contributed by atoms with Crippen molar-refractivity contribution in [3.8, 4) is 6.07 Å². The van der Waals surface area contributed by atoms with Gasteiger partial charge in [0.15, 0.2) is 5.69 Å². The Labute approximate surface area is 194 Å². The molecule has 1 aromatic carbocycles. The Morgan fingerprint density at radius 1 is 1.29 bits per heavy atom. The minimum atomic E-state index is -2.62. The van der Waals surface area contributed by atoms with E-state index in [-0.39, 0.29) is 24.4 Å². The molecule has 172 valence electrons. The van der Waals surface area contributed by atoms with Crippen molar-refractivity contribution in [3.63, 3.8) is 0 Å². The summed E-state index contributed by atoms with van der Waals surface area (Å²) in [5, 5.41) is 22.5. The number of carbonyl (C=O) groups is 1. The van der Waals surface area contributed by atoms with Gasteiger partial charge in [0.1, 0.15) is 11.8 Å². The fraction of sp³-hybridized carbons (Fsp3) is 0.250. The predicted molar refractivity (Wildman–Crippen MR) is 123 cm³/mol. The maximum absolute atomic E-state index is 13.5. The molecule has 0 radical (unpaired) electrons. The second kappa shape index (κ2) is 8.68. The van der Waals surface area contributed by atoms with Gasteiger partial charge in [0.2, 0.25) is 0 Å². The molecule has 1 amide bonds. The number of anilines is 1. The largest absolute Gasteiger partial charge is 0.387 e. The van der Waals surface area contributed by atoms with Gasteiger partial charge in [-0.1, -0.05) is 12.1 Å². The molecule has 2 aliphatic rings. The lowest BCUT2D eigenvalue weighted by Crippen LogP contribution is -2.28. The quantitative estimate of drug-likeness (QED) is 0.538. The number of nitrogens with one attached hydrogen (secondary N) is 3. The summed E-state index contributed by atoms with van der Waals surface area (Å²) >= 11 is 0. The normalized spacial score (nSPS) is 17.6. The summed E-state index contributed by atoms with van der Waals surface area (Å²) in [6, 6.07) is 10.7. The first kappa shape index (κ1) is 21.7. The Morgan fingerprint density at radius 3 is 2.91 bits per heavy atom. The lowest BCUT2D eigenvalue weighted by molar-refractivity contribution is 0.0131. The van der Waals surface area contributed by atoms with E-state index >= 15 is 0 Å². The highest BCUT2D eigenvalue weighted by Crippen LogP contribution is 2.29. The summed E-state index contributed by atoms with van der Waals surface area (Å²) < 4.78 is 27.1. The van der Waals surface area contributed by atoms with Gasteiger partial charge in [-0.05, 0) is 41.0 Å². The highest BCUT2D eigenvalue weighted by Gasteiger charge is 2.38. The molecule has 3 N–H and O–H groups in total. The number of fused-ring (bicyclic) bond motifs is 1. The van der Waals surface area contributed by atoms with Gasteiger partial charge in [0, 0.05) is 37.6 Å². The summed E-state index contributed by atoms with van der Waals surface area (Å²) in [6.07, 6.45) is 5.18. The SMILES string of the molecule is N#Cc1ccc(NC(=O)c2n[nH]c3ccc(C4=CC(CN5CCC(F)(F)C5)=CNC4)cc23)cn1. The number of likely N-dealkylation sites (tertiary alicyclic amines) is 1. The van der Waals surface area contributed by atoms with E-state index < -0.39 is 11.8 Å². The fourth-order valence-corrected chi connectivity index (χ4v) is 4.20. The van der Waals surface area contributed by atoms with Crippen molar-refractivity contribution in [3.05, 3.63) is 71.3 Å². The third kappa shape index (κ3) is 4.51. The number of nitriles is 1. The van der Waals surface area contributed by atoms with Crippen molar-refractivity contribution in [1.82, 2.24) is 25.4 Å². The molecule has 4 heterocycles. The standard InChI is InChI=1S/C24H21F2N7O/c25-24(26)5-6-33(14-24)13-15-7-17(11-28-10-15)16-1-4-21-20(8-16)22(32-31-21)23(34)30-19-3-2-18(9-27)29-12-19/h1-4,7-8,10,12,28H,5-6,11,13-14H2,(H,30,34)(H,31,32). The zero-order chi connectivity index (χ0) is 23.7. The third-order valence-corrected chi connectivity index (χ3v) is 5.88. The van der Waals surface area contributed by atoms with E-state index in [1.807, 2.05) is 36.5 Å². The molecule has 10 heteroatoms. The Bertz CT molecular complexity index is 1350. The van der Waals surface area contributed by atoms with Gasteiger partial charge < -0.3 is 10.6 Å². The van der Waals surface area contributed by atoms with Gasteiger partial charge in [-0.15, -0.1) is 0 Å². The molecule has 1 saturated heterocycles. The van der Waals surface area contributed by atoms with E-state index in [1.54, 1.807) is 11.0 Å². The number of dihydropyridines is 1. The van der Waals surface area contributed by atoms with Crippen LogP contribution in [0.15, 0.2) is 54.4 Å². The van der Waals surface area contributed by atoms with Crippen LogP contribution < -0.4 is 10.6 Å². The maximum atomic E-state index is 13.5. The molecule has 3 aromatic rings. The van der Waals surface area contributed by atoms with Crippen molar-refractivity contribution in [2.24, 2.45) is 0 Å². The molecule has 34 heavy (non-hydrogen) atoms. The molecule has 0 spiro atoms. The first-order valence-corrected chi connectivity index (χ1v) is 10.8. The molecule has 0 bridgehead atoms. The van der Waals surface area contributed by atoms with Crippen LogP contribution in [0.1, 0.15) is 28.2 Å². The number of aromatic nitrogens is 3. The second-order valence-electron chi connectivity index (χ2n) is 8.42. The molecule has 8 nitrogen and oxygen atoms in total. The number of amides is 1. The Kier molecular flexibility index (Phi) is 5.55. The molecular weight excluding hydrogens is 440 g/mol. The molecule has 5 rings (SSSR count). The number of benzene rings is 1. The first-order valence-electron chi connectivity index (χ1n) is 10.8. The summed E-state index contributed by atoms with van der Waals surface area (Å²) in [5.41, 5.74) is 4.50. The van der Waals surface area contributed by atoms with Gasteiger partial charge in [-0.3, -0.25) is 14.8 Å². The zero-order valence-corrected chi connectivity index (χ0v) is 18.1. The molecule has 2 aliphatic heterocycles. The Morgan fingerprint density at radius 2 is 2.18 bits per heavy atom. The fourth-order valence-electron chi connectivity index (χ4n) is 4.20. The number of H-pyrrole nitrogens is 1. The lowest BCUT2D eigenvalue weighted by Gasteiger charge is -2.20. The molecule has 0 saturated carbocycles. The van der Waals surface area contributed by atoms with Crippen LogP contribution in [0.5, 0.6) is 0 Å². The average Bonchev–Trinajstić information content (AvgIpc) is 3.41. The minimum absolute atomic E-state index is 0.106. The van der Waals surface area contributed by atoms with E-state index in [4.69, 9.17) is 5.26 Å². The minimum Gasteiger partial charge on any atom is -0.387 e. The number of aromatic amines is 1. The number of carbonyl (C=O) groups excluding carboxylic acids is 1. The number of halogens is 2. The molecule has 1 fully saturated rings. The van der Waals surface area contributed by atoms with Crippen LogP contribution >= 0.6 is 0 Å². The lowest BCUT2D eigenvalue weighted by atomic mass is 9.99. The smallest absolute Gasteiger partial charge is 0.276 e. The van der Waals surface area contributed by atoms with E-state index in [0.29, 0.717) is 36.2 Å². The van der Waals surface area contributed by atoms with Gasteiger partial charge in [0.25, 0.3) is 11.8 Å². The Hall–Kier alpha value is -4.10. The number of rotatable bonds is 5. The summed E-state index contributed by atoms with van der Waals surface area (Å²) in [6.45, 7) is 1.19. The first-order chi connectivity index (χ1) is 16.4. The average molecular weight is 461 g/mol. The second-order valence-corrected chi connectivity index (χ2v) is 8.42. The van der Waals surface area contributed by atoms with Gasteiger partial charge in [-0.2, -0.15) is 10.4 Å². The van der Waals surface area contributed by atoms with E-state index in [1.165, 1.54) is 12.3 Å². The van der Waals surface area contributed by atoms with E-state index in [9.17, 15) is 13.6 Å². The molecular formula is C24H21F2N7O. The highest BCUT2D eigenvalue weighted by molar-refractivity contribution is 6.11. The number of hydrogen-bond acceptors (Lipinski definition) is 6. The topological polar surface area (TPSA) is 110 Å². The van der Waals surface area contributed by atoms with Crippen LogP contribution in [0.4, 0.5) is 14.5 Å². The zero-order valence-electron chi connectivity index (χ0n) is 18.1. The van der Waals surface area contributed by atoms with Gasteiger partial charge in [0.05, 0.1) is 23.9 Å².